The van der Waals surface area contributed by atoms with Crippen LogP contribution in [0.15, 0.2) is 29.3 Å². The van der Waals surface area contributed by atoms with Crippen LogP contribution in [0.25, 0.3) is 11.4 Å². The van der Waals surface area contributed by atoms with Gasteiger partial charge in [-0.3, -0.25) is 0 Å². The number of carbonyl (C=O) groups excluding carboxylic acids is 1. The molecule has 1 heterocycles. The molecule has 0 unspecified atom stereocenters. The number of thiol groups is 1. The molecule has 0 amide bonds. The lowest BCUT2D eigenvalue weighted by atomic mass is 10.1. The highest BCUT2D eigenvalue weighted by atomic mass is 32.1. The Morgan fingerprint density at radius 3 is 3.00 bits per heavy atom. The van der Waals surface area contributed by atoms with E-state index >= 15 is 0 Å². The molecular formula is C13H14N2O2S. The first-order valence-corrected chi connectivity index (χ1v) is 6.09. The highest BCUT2D eigenvalue weighted by molar-refractivity contribution is 7.80. The molecule has 0 spiro atoms. The van der Waals surface area contributed by atoms with Crippen molar-refractivity contribution in [3.63, 3.8) is 0 Å². The summed E-state index contributed by atoms with van der Waals surface area (Å²) in [6.45, 7) is 4.08. The largest absolute Gasteiger partial charge is 0.461 e. The Morgan fingerprint density at radius 2 is 2.28 bits per heavy atom. The van der Waals surface area contributed by atoms with Gasteiger partial charge in [-0.05, 0) is 19.4 Å². The average molecular weight is 262 g/mol. The summed E-state index contributed by atoms with van der Waals surface area (Å²) in [5.41, 5.74) is 2.28. The predicted octanol–water partition coefficient (Wildman–Crippen LogP) is 2.85. The van der Waals surface area contributed by atoms with Crippen LogP contribution in [0.4, 0.5) is 0 Å². The smallest absolute Gasteiger partial charge is 0.356 e. The molecule has 18 heavy (non-hydrogen) atoms. The minimum atomic E-state index is -0.399. The molecule has 0 saturated carbocycles. The van der Waals surface area contributed by atoms with Crippen molar-refractivity contribution < 1.29 is 9.53 Å². The maximum atomic E-state index is 11.5. The van der Waals surface area contributed by atoms with Crippen molar-refractivity contribution in [2.45, 2.75) is 18.7 Å². The van der Waals surface area contributed by atoms with Gasteiger partial charge in [-0.2, -0.15) is 0 Å². The van der Waals surface area contributed by atoms with E-state index in [9.17, 15) is 4.79 Å². The zero-order valence-corrected chi connectivity index (χ0v) is 11.1. The number of nitrogens with one attached hydrogen (secondary N) is 1. The molecule has 94 valence electrons. The number of ether oxygens (including phenoxy) is 1. The summed E-state index contributed by atoms with van der Waals surface area (Å²) in [5.74, 6) is 0.219. The topological polar surface area (TPSA) is 55.0 Å². The first kappa shape index (κ1) is 12.7. The van der Waals surface area contributed by atoms with E-state index in [0.29, 0.717) is 18.1 Å². The van der Waals surface area contributed by atoms with Gasteiger partial charge in [0, 0.05) is 10.5 Å². The average Bonchev–Trinajstić information content (AvgIpc) is 2.82. The number of nitrogens with zero attached hydrogens (tertiary/aromatic N) is 1. The molecule has 2 aromatic rings. The third-order valence-corrected chi connectivity index (χ3v) is 3.16. The number of rotatable bonds is 3. The fourth-order valence-corrected chi connectivity index (χ4v) is 1.88. The van der Waals surface area contributed by atoms with Crippen molar-refractivity contribution in [3.8, 4) is 11.4 Å². The van der Waals surface area contributed by atoms with E-state index in [1.165, 1.54) is 6.20 Å². The van der Waals surface area contributed by atoms with Crippen LogP contribution in [0.5, 0.6) is 0 Å². The van der Waals surface area contributed by atoms with Crippen LogP contribution in [-0.2, 0) is 4.74 Å². The van der Waals surface area contributed by atoms with Crippen LogP contribution in [0.1, 0.15) is 23.0 Å². The Hall–Kier alpha value is -1.75. The van der Waals surface area contributed by atoms with Gasteiger partial charge in [0.05, 0.1) is 12.8 Å². The highest BCUT2D eigenvalue weighted by Gasteiger charge is 2.13. The summed E-state index contributed by atoms with van der Waals surface area (Å²) < 4.78 is 4.90. The first-order chi connectivity index (χ1) is 8.63. The molecule has 4 nitrogen and oxygen atoms in total. The monoisotopic (exact) mass is 262 g/mol. The molecule has 5 heteroatoms. The molecular weight excluding hydrogens is 248 g/mol. The second-order valence-electron chi connectivity index (χ2n) is 3.84. The summed E-state index contributed by atoms with van der Waals surface area (Å²) >= 11 is 4.45. The number of aromatic nitrogens is 2. The molecule has 2 rings (SSSR count). The van der Waals surface area contributed by atoms with Crippen molar-refractivity contribution in [3.05, 3.63) is 35.7 Å². The standard InChI is InChI=1S/C13H14N2O2S/c1-3-17-13(16)10-7-14-12(15-10)9-6-4-5-8(2)11(9)18/h4-7,18H,3H2,1-2H3,(H,14,15). The summed E-state index contributed by atoms with van der Waals surface area (Å²) in [6, 6.07) is 5.81. The van der Waals surface area contributed by atoms with Crippen molar-refractivity contribution in [2.24, 2.45) is 0 Å². The van der Waals surface area contributed by atoms with E-state index < -0.39 is 5.97 Å². The second-order valence-corrected chi connectivity index (χ2v) is 4.28. The van der Waals surface area contributed by atoms with Crippen molar-refractivity contribution >= 4 is 18.6 Å². The summed E-state index contributed by atoms with van der Waals surface area (Å²) in [4.78, 5) is 19.5. The Kier molecular flexibility index (Phi) is 3.72. The first-order valence-electron chi connectivity index (χ1n) is 5.64. The molecule has 0 fully saturated rings. The second kappa shape index (κ2) is 5.27. The molecule has 0 aliphatic rings. The third-order valence-electron chi connectivity index (χ3n) is 2.56. The van der Waals surface area contributed by atoms with E-state index in [0.717, 1.165) is 16.0 Å². The lowest BCUT2D eigenvalue weighted by Crippen LogP contribution is -2.04. The van der Waals surface area contributed by atoms with Crippen LogP contribution in [-0.4, -0.2) is 22.5 Å². The van der Waals surface area contributed by atoms with Gasteiger partial charge < -0.3 is 9.72 Å². The molecule has 0 aliphatic heterocycles. The molecule has 0 atom stereocenters. The highest BCUT2D eigenvalue weighted by Crippen LogP contribution is 2.26. The number of benzene rings is 1. The van der Waals surface area contributed by atoms with Gasteiger partial charge in [0.2, 0.25) is 0 Å². The van der Waals surface area contributed by atoms with Crippen LogP contribution >= 0.6 is 12.6 Å². The zero-order valence-electron chi connectivity index (χ0n) is 10.2. The molecule has 0 aliphatic carbocycles. The summed E-state index contributed by atoms with van der Waals surface area (Å²) in [6.07, 6.45) is 1.48. The summed E-state index contributed by atoms with van der Waals surface area (Å²) in [5, 5.41) is 0. The number of H-pyrrole nitrogens is 1. The van der Waals surface area contributed by atoms with E-state index in [4.69, 9.17) is 4.74 Å². The minimum Gasteiger partial charge on any atom is -0.461 e. The number of hydrogen-bond donors (Lipinski definition) is 2. The van der Waals surface area contributed by atoms with Crippen LogP contribution in [0, 0.1) is 6.92 Å². The molecule has 1 aromatic heterocycles. The normalized spacial score (nSPS) is 10.4. The number of aromatic amines is 1. The zero-order chi connectivity index (χ0) is 13.1. The number of aryl methyl sites for hydroxylation is 1. The van der Waals surface area contributed by atoms with Gasteiger partial charge >= 0.3 is 5.97 Å². The number of carbonyl (C=O) groups is 1. The fraction of sp³-hybridized carbons (Fsp3) is 0.231. The van der Waals surface area contributed by atoms with Gasteiger partial charge in [0.1, 0.15) is 11.5 Å². The minimum absolute atomic E-state index is 0.343. The summed E-state index contributed by atoms with van der Waals surface area (Å²) in [7, 11) is 0. The van der Waals surface area contributed by atoms with Crippen molar-refractivity contribution in [1.82, 2.24) is 9.97 Å². The predicted molar refractivity (Wildman–Crippen MR) is 72.0 cm³/mol. The fourth-order valence-electron chi connectivity index (χ4n) is 1.62. The van der Waals surface area contributed by atoms with Crippen molar-refractivity contribution in [2.75, 3.05) is 6.61 Å². The maximum absolute atomic E-state index is 11.5. The molecule has 1 N–H and O–H groups in total. The van der Waals surface area contributed by atoms with E-state index in [1.54, 1.807) is 6.92 Å². The SMILES string of the molecule is CCOC(=O)c1cnc(-c2cccc(C)c2S)[nH]1. The maximum Gasteiger partial charge on any atom is 0.356 e. The molecule has 0 bridgehead atoms. The quantitative estimate of drug-likeness (QED) is 0.660. The van der Waals surface area contributed by atoms with E-state index in [-0.39, 0.29) is 0 Å². The van der Waals surface area contributed by atoms with Crippen LogP contribution in [0.2, 0.25) is 0 Å². The van der Waals surface area contributed by atoms with Gasteiger partial charge in [-0.1, -0.05) is 18.2 Å². The van der Waals surface area contributed by atoms with Crippen molar-refractivity contribution in [1.29, 1.82) is 0 Å². The lowest BCUT2D eigenvalue weighted by Gasteiger charge is -2.04. The van der Waals surface area contributed by atoms with Gasteiger partial charge in [0.25, 0.3) is 0 Å². The van der Waals surface area contributed by atoms with Gasteiger partial charge in [-0.15, -0.1) is 12.6 Å². The van der Waals surface area contributed by atoms with Gasteiger partial charge in [-0.25, -0.2) is 9.78 Å². The number of imidazole rings is 1. The van der Waals surface area contributed by atoms with Gasteiger partial charge in [0.15, 0.2) is 0 Å². The molecule has 0 saturated heterocycles. The third kappa shape index (κ3) is 2.41. The lowest BCUT2D eigenvalue weighted by molar-refractivity contribution is 0.0520. The Balaban J connectivity index is 2.35. The number of hydrogen-bond acceptors (Lipinski definition) is 4. The molecule has 0 radical (unpaired) electrons. The van der Waals surface area contributed by atoms with Crippen LogP contribution in [0.3, 0.4) is 0 Å². The van der Waals surface area contributed by atoms with E-state index in [1.807, 2.05) is 25.1 Å². The van der Waals surface area contributed by atoms with E-state index in [2.05, 4.69) is 22.6 Å². The van der Waals surface area contributed by atoms with Crippen LogP contribution < -0.4 is 0 Å². The number of esters is 1. The Bertz CT molecular complexity index is 578. The molecule has 1 aromatic carbocycles. The Morgan fingerprint density at radius 1 is 1.50 bits per heavy atom. The Labute approximate surface area is 111 Å².